The SMILES string of the molecule is CCOC(=O)c1[nH]c2ccccc2c1CN(CC)CC. The maximum absolute atomic E-state index is 12.1. The Bertz CT molecular complexity index is 585. The van der Waals surface area contributed by atoms with Crippen molar-refractivity contribution in [2.24, 2.45) is 0 Å². The monoisotopic (exact) mass is 274 g/mol. The van der Waals surface area contributed by atoms with Crippen LogP contribution in [0.3, 0.4) is 0 Å². The Morgan fingerprint density at radius 3 is 2.55 bits per heavy atom. The van der Waals surface area contributed by atoms with Crippen LogP contribution in [0.5, 0.6) is 0 Å². The summed E-state index contributed by atoms with van der Waals surface area (Å²) in [6, 6.07) is 8.00. The van der Waals surface area contributed by atoms with E-state index in [9.17, 15) is 4.79 Å². The van der Waals surface area contributed by atoms with Crippen molar-refractivity contribution >= 4 is 16.9 Å². The number of carbonyl (C=O) groups is 1. The van der Waals surface area contributed by atoms with Crippen LogP contribution in [0.1, 0.15) is 36.8 Å². The van der Waals surface area contributed by atoms with E-state index in [1.165, 1.54) is 0 Å². The highest BCUT2D eigenvalue weighted by atomic mass is 16.5. The molecule has 0 fully saturated rings. The summed E-state index contributed by atoms with van der Waals surface area (Å²) in [6.07, 6.45) is 0. The lowest BCUT2D eigenvalue weighted by molar-refractivity contribution is 0.0518. The van der Waals surface area contributed by atoms with Gasteiger partial charge in [-0.05, 0) is 26.1 Å². The normalized spacial score (nSPS) is 11.2. The van der Waals surface area contributed by atoms with E-state index in [-0.39, 0.29) is 5.97 Å². The highest BCUT2D eigenvalue weighted by molar-refractivity contribution is 5.98. The predicted molar refractivity (Wildman–Crippen MR) is 80.9 cm³/mol. The summed E-state index contributed by atoms with van der Waals surface area (Å²) in [4.78, 5) is 17.6. The summed E-state index contributed by atoms with van der Waals surface area (Å²) < 4.78 is 5.16. The van der Waals surface area contributed by atoms with Gasteiger partial charge in [0.1, 0.15) is 5.69 Å². The molecular weight excluding hydrogens is 252 g/mol. The Labute approximate surface area is 119 Å². The van der Waals surface area contributed by atoms with E-state index in [0.29, 0.717) is 12.3 Å². The summed E-state index contributed by atoms with van der Waals surface area (Å²) in [6.45, 7) is 9.13. The molecule has 4 heteroatoms. The third-order valence-corrected chi connectivity index (χ3v) is 3.57. The molecule has 0 spiro atoms. The Morgan fingerprint density at radius 1 is 1.20 bits per heavy atom. The number of fused-ring (bicyclic) bond motifs is 1. The van der Waals surface area contributed by atoms with Gasteiger partial charge in [0.25, 0.3) is 0 Å². The highest BCUT2D eigenvalue weighted by Gasteiger charge is 2.19. The second kappa shape index (κ2) is 6.57. The minimum atomic E-state index is -0.272. The molecule has 2 rings (SSSR count). The number of aromatic nitrogens is 1. The van der Waals surface area contributed by atoms with Crippen molar-refractivity contribution in [3.05, 3.63) is 35.5 Å². The maximum Gasteiger partial charge on any atom is 0.355 e. The second-order valence-corrected chi connectivity index (χ2v) is 4.71. The molecule has 20 heavy (non-hydrogen) atoms. The molecule has 0 amide bonds. The standard InChI is InChI=1S/C16H22N2O2/c1-4-18(5-2)11-13-12-9-7-8-10-14(12)17-15(13)16(19)20-6-3/h7-10,17H,4-6,11H2,1-3H3. The minimum Gasteiger partial charge on any atom is -0.461 e. The van der Waals surface area contributed by atoms with Crippen molar-refractivity contribution in [3.8, 4) is 0 Å². The fourth-order valence-electron chi connectivity index (χ4n) is 2.41. The third-order valence-electron chi connectivity index (χ3n) is 3.57. The van der Waals surface area contributed by atoms with E-state index in [1.807, 2.05) is 31.2 Å². The van der Waals surface area contributed by atoms with Crippen molar-refractivity contribution in [1.29, 1.82) is 0 Å². The molecule has 0 saturated carbocycles. The average molecular weight is 274 g/mol. The van der Waals surface area contributed by atoms with Gasteiger partial charge in [-0.3, -0.25) is 4.90 Å². The maximum atomic E-state index is 12.1. The molecule has 0 radical (unpaired) electrons. The molecule has 0 bridgehead atoms. The van der Waals surface area contributed by atoms with Gasteiger partial charge in [0.15, 0.2) is 0 Å². The number of esters is 1. The van der Waals surface area contributed by atoms with Gasteiger partial charge < -0.3 is 9.72 Å². The zero-order chi connectivity index (χ0) is 14.5. The number of hydrogen-bond donors (Lipinski definition) is 1. The number of nitrogens with one attached hydrogen (secondary N) is 1. The zero-order valence-corrected chi connectivity index (χ0v) is 12.4. The smallest absolute Gasteiger partial charge is 0.355 e. The molecule has 1 heterocycles. The molecule has 0 aliphatic carbocycles. The lowest BCUT2D eigenvalue weighted by Crippen LogP contribution is -2.23. The largest absolute Gasteiger partial charge is 0.461 e. The first kappa shape index (κ1) is 14.6. The molecule has 108 valence electrons. The average Bonchev–Trinajstić information content (AvgIpc) is 2.83. The van der Waals surface area contributed by atoms with Crippen molar-refractivity contribution in [1.82, 2.24) is 9.88 Å². The molecule has 0 aliphatic heterocycles. The molecule has 1 aromatic heterocycles. The molecule has 1 N–H and O–H groups in total. The molecular formula is C16H22N2O2. The predicted octanol–water partition coefficient (Wildman–Crippen LogP) is 3.19. The number of rotatable bonds is 6. The van der Waals surface area contributed by atoms with Gasteiger partial charge in [-0.25, -0.2) is 4.79 Å². The quantitative estimate of drug-likeness (QED) is 0.823. The van der Waals surface area contributed by atoms with Crippen molar-refractivity contribution in [2.45, 2.75) is 27.3 Å². The van der Waals surface area contributed by atoms with Gasteiger partial charge >= 0.3 is 5.97 Å². The summed E-state index contributed by atoms with van der Waals surface area (Å²) >= 11 is 0. The topological polar surface area (TPSA) is 45.3 Å². The number of aromatic amines is 1. The van der Waals surface area contributed by atoms with E-state index in [2.05, 4.69) is 23.7 Å². The van der Waals surface area contributed by atoms with Gasteiger partial charge in [0.05, 0.1) is 6.61 Å². The summed E-state index contributed by atoms with van der Waals surface area (Å²) in [5.74, 6) is -0.272. The van der Waals surface area contributed by atoms with Crippen LogP contribution in [0.4, 0.5) is 0 Å². The number of carbonyl (C=O) groups excluding carboxylic acids is 1. The lowest BCUT2D eigenvalue weighted by Gasteiger charge is -2.18. The number of nitrogens with zero attached hydrogens (tertiary/aromatic N) is 1. The van der Waals surface area contributed by atoms with E-state index in [0.717, 1.165) is 36.1 Å². The zero-order valence-electron chi connectivity index (χ0n) is 12.4. The molecule has 2 aromatic rings. The number of ether oxygens (including phenoxy) is 1. The second-order valence-electron chi connectivity index (χ2n) is 4.71. The molecule has 0 aliphatic rings. The molecule has 0 atom stereocenters. The van der Waals surface area contributed by atoms with Crippen LogP contribution in [-0.4, -0.2) is 35.5 Å². The van der Waals surface area contributed by atoms with E-state index in [4.69, 9.17) is 4.74 Å². The van der Waals surface area contributed by atoms with Crippen LogP contribution in [0.15, 0.2) is 24.3 Å². The number of hydrogen-bond acceptors (Lipinski definition) is 3. The fraction of sp³-hybridized carbons (Fsp3) is 0.438. The van der Waals surface area contributed by atoms with Gasteiger partial charge in [-0.1, -0.05) is 32.0 Å². The highest BCUT2D eigenvalue weighted by Crippen LogP contribution is 2.24. The Balaban J connectivity index is 2.46. The first-order valence-electron chi connectivity index (χ1n) is 7.20. The molecule has 0 saturated heterocycles. The third kappa shape index (κ3) is 2.85. The van der Waals surface area contributed by atoms with Gasteiger partial charge in [-0.15, -0.1) is 0 Å². The van der Waals surface area contributed by atoms with Gasteiger partial charge in [-0.2, -0.15) is 0 Å². The fourth-order valence-corrected chi connectivity index (χ4v) is 2.41. The van der Waals surface area contributed by atoms with Gasteiger partial charge in [0, 0.05) is 23.0 Å². The van der Waals surface area contributed by atoms with Crippen molar-refractivity contribution < 1.29 is 9.53 Å². The first-order valence-corrected chi connectivity index (χ1v) is 7.20. The van der Waals surface area contributed by atoms with Crippen LogP contribution < -0.4 is 0 Å². The van der Waals surface area contributed by atoms with E-state index in [1.54, 1.807) is 0 Å². The van der Waals surface area contributed by atoms with Gasteiger partial charge in [0.2, 0.25) is 0 Å². The molecule has 4 nitrogen and oxygen atoms in total. The van der Waals surface area contributed by atoms with Crippen LogP contribution in [-0.2, 0) is 11.3 Å². The number of H-pyrrole nitrogens is 1. The summed E-state index contributed by atoms with van der Waals surface area (Å²) in [5.41, 5.74) is 2.60. The lowest BCUT2D eigenvalue weighted by atomic mass is 10.1. The van der Waals surface area contributed by atoms with Crippen LogP contribution >= 0.6 is 0 Å². The van der Waals surface area contributed by atoms with Crippen molar-refractivity contribution in [2.75, 3.05) is 19.7 Å². The van der Waals surface area contributed by atoms with Crippen LogP contribution in [0.2, 0.25) is 0 Å². The van der Waals surface area contributed by atoms with E-state index < -0.39 is 0 Å². The Hall–Kier alpha value is -1.81. The van der Waals surface area contributed by atoms with E-state index >= 15 is 0 Å². The van der Waals surface area contributed by atoms with Crippen molar-refractivity contribution in [3.63, 3.8) is 0 Å². The summed E-state index contributed by atoms with van der Waals surface area (Å²) in [7, 11) is 0. The first-order chi connectivity index (χ1) is 9.71. The number of para-hydroxylation sites is 1. The molecule has 0 unspecified atom stereocenters. The summed E-state index contributed by atoms with van der Waals surface area (Å²) in [5, 5.41) is 1.10. The Kier molecular flexibility index (Phi) is 4.79. The van der Waals surface area contributed by atoms with Crippen LogP contribution in [0, 0.1) is 0 Å². The van der Waals surface area contributed by atoms with Crippen LogP contribution in [0.25, 0.3) is 10.9 Å². The Morgan fingerprint density at radius 2 is 1.90 bits per heavy atom. The minimum absolute atomic E-state index is 0.272. The molecule has 1 aromatic carbocycles. The number of benzene rings is 1.